The smallest absolute Gasteiger partial charge is 0.337 e. The molecule has 3 rings (SSSR count). The number of aliphatic hydroxyl groups excluding tert-OH is 4. The van der Waals surface area contributed by atoms with Crippen LogP contribution in [0.5, 0.6) is 0 Å². The van der Waals surface area contributed by atoms with Gasteiger partial charge in [0.05, 0.1) is 43.0 Å². The van der Waals surface area contributed by atoms with Gasteiger partial charge in [-0.15, -0.1) is 6.58 Å². The number of pyridine rings is 1. The highest BCUT2D eigenvalue weighted by molar-refractivity contribution is 5.89. The van der Waals surface area contributed by atoms with Crippen molar-refractivity contribution in [2.45, 2.75) is 50.5 Å². The molecule has 1 aromatic rings. The number of ether oxygens (including phenoxy) is 4. The summed E-state index contributed by atoms with van der Waals surface area (Å²) in [6, 6.07) is 1.42. The van der Waals surface area contributed by atoms with Crippen LogP contribution >= 0.6 is 0 Å². The Balaban J connectivity index is 1.92. The fourth-order valence-electron chi connectivity index (χ4n) is 4.17. The molecule has 0 saturated carbocycles. The van der Waals surface area contributed by atoms with Crippen molar-refractivity contribution in [1.82, 2.24) is 0 Å². The Bertz CT molecular complexity index is 1050. The lowest BCUT2D eigenvalue weighted by Gasteiger charge is -2.42. The summed E-state index contributed by atoms with van der Waals surface area (Å²) in [6.45, 7) is 5.52. The maximum Gasteiger partial charge on any atom is 0.337 e. The van der Waals surface area contributed by atoms with Gasteiger partial charge >= 0.3 is 5.97 Å². The SMILES string of the molecule is C=C[C@H]1[C@H](O[C@@H]2O[C@H](CO)[C@@H](O)[C@H](O)[C@H]2O)OC=C(C(=O)OC)[C@H]1/C=C/c1cc(C(=O)[O-])c[n+](CC)c1. The molecule has 2 aliphatic rings. The second-order valence-electron chi connectivity index (χ2n) is 8.58. The third-order valence-electron chi connectivity index (χ3n) is 6.27. The van der Waals surface area contributed by atoms with Crippen LogP contribution in [0.3, 0.4) is 0 Å². The van der Waals surface area contributed by atoms with Gasteiger partial charge in [0.1, 0.15) is 31.0 Å². The average molecular weight is 522 g/mol. The second kappa shape index (κ2) is 12.4. The van der Waals surface area contributed by atoms with Crippen molar-refractivity contribution in [2.24, 2.45) is 11.8 Å². The third kappa shape index (κ3) is 6.24. The average Bonchev–Trinajstić information content (AvgIpc) is 2.91. The van der Waals surface area contributed by atoms with E-state index in [0.29, 0.717) is 12.1 Å². The van der Waals surface area contributed by atoms with E-state index in [9.17, 15) is 35.1 Å². The highest BCUT2D eigenvalue weighted by Gasteiger charge is 2.47. The van der Waals surface area contributed by atoms with Crippen molar-refractivity contribution in [1.29, 1.82) is 0 Å². The van der Waals surface area contributed by atoms with Crippen molar-refractivity contribution < 1.29 is 58.6 Å². The van der Waals surface area contributed by atoms with E-state index in [-0.39, 0.29) is 11.1 Å². The zero-order chi connectivity index (χ0) is 27.3. The molecule has 12 heteroatoms. The molecule has 0 bridgehead atoms. The van der Waals surface area contributed by atoms with Crippen LogP contribution in [0.15, 0.2) is 49.0 Å². The van der Waals surface area contributed by atoms with Gasteiger partial charge in [-0.3, -0.25) is 0 Å². The highest BCUT2D eigenvalue weighted by atomic mass is 16.8. The van der Waals surface area contributed by atoms with Crippen molar-refractivity contribution in [3.05, 3.63) is 60.2 Å². The molecule has 8 atom stereocenters. The number of hydrogen-bond donors (Lipinski definition) is 4. The minimum absolute atomic E-state index is 0.0243. The lowest BCUT2D eigenvalue weighted by molar-refractivity contribution is -0.693. The second-order valence-corrected chi connectivity index (χ2v) is 8.58. The third-order valence-corrected chi connectivity index (χ3v) is 6.27. The van der Waals surface area contributed by atoms with E-state index in [2.05, 4.69) is 6.58 Å². The first kappa shape index (κ1) is 28.4. The number of allylic oxidation sites excluding steroid dienone is 1. The zero-order valence-corrected chi connectivity index (χ0v) is 20.4. The standard InChI is InChI=1S/C25H31NO11/c1-4-15-16(7-6-13-8-14(22(31)32)10-26(5-2)9-13)17(23(33)34-3)12-35-24(15)37-25-21(30)20(29)19(28)18(11-27)36-25/h4,6-10,12,15-16,18-21,24-25,27-30H,1,5,11H2,2-3H3/b7-6+/t15-,16+,18-,19-,20+,21-,24+,25+/m1/s1. The largest absolute Gasteiger partial charge is 0.545 e. The molecule has 0 amide bonds. The normalized spacial score (nSPS) is 31.9. The number of hydrogen-bond acceptors (Lipinski definition) is 11. The van der Waals surface area contributed by atoms with Gasteiger partial charge in [-0.25, -0.2) is 9.36 Å². The quantitative estimate of drug-likeness (QED) is 0.161. The molecule has 37 heavy (non-hydrogen) atoms. The maximum absolute atomic E-state index is 12.5. The number of nitrogens with zero attached hydrogens (tertiary/aromatic N) is 1. The number of methoxy groups -OCH3 is 1. The number of aromatic nitrogens is 1. The number of carbonyl (C=O) groups is 2. The van der Waals surface area contributed by atoms with Crippen LogP contribution in [0.2, 0.25) is 0 Å². The van der Waals surface area contributed by atoms with E-state index >= 15 is 0 Å². The minimum Gasteiger partial charge on any atom is -0.545 e. The van der Waals surface area contributed by atoms with Crippen LogP contribution in [-0.4, -0.2) is 83.1 Å². The van der Waals surface area contributed by atoms with Gasteiger partial charge in [0.25, 0.3) is 0 Å². The summed E-state index contributed by atoms with van der Waals surface area (Å²) in [5.41, 5.74) is 0.619. The molecule has 12 nitrogen and oxygen atoms in total. The highest BCUT2D eigenvalue weighted by Crippen LogP contribution is 2.36. The number of carboxylic acids is 1. The van der Waals surface area contributed by atoms with Gasteiger partial charge in [0.2, 0.25) is 6.29 Å². The molecule has 0 aromatic carbocycles. The van der Waals surface area contributed by atoms with E-state index in [0.717, 1.165) is 6.26 Å². The Kier molecular flexibility index (Phi) is 9.54. The monoisotopic (exact) mass is 521 g/mol. The molecule has 0 spiro atoms. The molecule has 202 valence electrons. The minimum atomic E-state index is -1.66. The topological polar surface area (TPSA) is 179 Å². The van der Waals surface area contributed by atoms with Gasteiger partial charge in [-0.05, 0) is 13.0 Å². The van der Waals surface area contributed by atoms with Gasteiger partial charge in [0, 0.05) is 11.5 Å². The number of carboxylic acid groups (broad SMARTS) is 1. The predicted molar refractivity (Wildman–Crippen MR) is 123 cm³/mol. The molecule has 1 saturated heterocycles. The first-order chi connectivity index (χ1) is 17.6. The number of carbonyl (C=O) groups excluding carboxylic acids is 2. The Morgan fingerprint density at radius 3 is 2.51 bits per heavy atom. The molecule has 2 aliphatic heterocycles. The lowest BCUT2D eigenvalue weighted by Crippen LogP contribution is -2.60. The van der Waals surface area contributed by atoms with Crippen LogP contribution in [0.25, 0.3) is 6.08 Å². The summed E-state index contributed by atoms with van der Waals surface area (Å²) in [5.74, 6) is -3.49. The molecule has 4 N–H and O–H groups in total. The summed E-state index contributed by atoms with van der Waals surface area (Å²) >= 11 is 0. The summed E-state index contributed by atoms with van der Waals surface area (Å²) in [6.07, 6.45) is 0.292. The Morgan fingerprint density at radius 2 is 1.92 bits per heavy atom. The number of aromatic carboxylic acids is 1. The van der Waals surface area contributed by atoms with Gasteiger partial charge in [0.15, 0.2) is 18.7 Å². The van der Waals surface area contributed by atoms with Crippen LogP contribution in [-0.2, 0) is 30.3 Å². The van der Waals surface area contributed by atoms with E-state index in [1.54, 1.807) is 22.9 Å². The van der Waals surface area contributed by atoms with Gasteiger partial charge < -0.3 is 49.3 Å². The fourth-order valence-corrected chi connectivity index (χ4v) is 4.17. The van der Waals surface area contributed by atoms with Crippen LogP contribution in [0, 0.1) is 11.8 Å². The molecule has 1 aromatic heterocycles. The first-order valence-corrected chi connectivity index (χ1v) is 11.6. The molecular weight excluding hydrogens is 490 g/mol. The van der Waals surface area contributed by atoms with Crippen molar-refractivity contribution in [3.8, 4) is 0 Å². The van der Waals surface area contributed by atoms with E-state index in [1.807, 2.05) is 6.92 Å². The number of aliphatic hydroxyl groups is 4. The van der Waals surface area contributed by atoms with Crippen molar-refractivity contribution in [2.75, 3.05) is 13.7 Å². The van der Waals surface area contributed by atoms with Gasteiger partial charge in [-0.1, -0.05) is 18.2 Å². The zero-order valence-electron chi connectivity index (χ0n) is 20.4. The predicted octanol–water partition coefficient (Wildman–Crippen LogP) is -1.98. The van der Waals surface area contributed by atoms with Crippen molar-refractivity contribution in [3.63, 3.8) is 0 Å². The summed E-state index contributed by atoms with van der Waals surface area (Å²) in [5, 5.41) is 51.3. The molecule has 0 aliphatic carbocycles. The van der Waals surface area contributed by atoms with Crippen molar-refractivity contribution >= 4 is 18.0 Å². The first-order valence-electron chi connectivity index (χ1n) is 11.6. The van der Waals surface area contributed by atoms with E-state index < -0.39 is 67.4 Å². The summed E-state index contributed by atoms with van der Waals surface area (Å²) < 4.78 is 23.3. The lowest BCUT2D eigenvalue weighted by atomic mass is 9.83. The summed E-state index contributed by atoms with van der Waals surface area (Å²) in [7, 11) is 1.21. The number of esters is 1. The van der Waals surface area contributed by atoms with Crippen LogP contribution in [0.1, 0.15) is 22.8 Å². The molecule has 0 unspecified atom stereocenters. The van der Waals surface area contributed by atoms with Crippen LogP contribution in [0.4, 0.5) is 0 Å². The molecular formula is C25H31NO11. The number of rotatable bonds is 9. The Hall–Kier alpha value is -3.13. The van der Waals surface area contributed by atoms with Gasteiger partial charge in [-0.2, -0.15) is 0 Å². The van der Waals surface area contributed by atoms with Crippen LogP contribution < -0.4 is 9.67 Å². The Morgan fingerprint density at radius 1 is 1.19 bits per heavy atom. The van der Waals surface area contributed by atoms with E-state index in [4.69, 9.17) is 18.9 Å². The number of aryl methyl sites for hydroxylation is 1. The van der Waals surface area contributed by atoms with E-state index in [1.165, 1.54) is 25.4 Å². The molecule has 1 fully saturated rings. The Labute approximate surface area is 213 Å². The molecule has 0 radical (unpaired) electrons. The molecule has 3 heterocycles. The maximum atomic E-state index is 12.5. The fraction of sp³-hybridized carbons (Fsp3) is 0.480. The summed E-state index contributed by atoms with van der Waals surface area (Å²) in [4.78, 5) is 23.9.